The van der Waals surface area contributed by atoms with Gasteiger partial charge < -0.3 is 5.32 Å². The normalized spacial score (nSPS) is 11.4. The summed E-state index contributed by atoms with van der Waals surface area (Å²) in [5.41, 5.74) is 0.970. The van der Waals surface area contributed by atoms with E-state index >= 15 is 0 Å². The SMILES string of the molecule is Cc1csc(NC(=O)CC(C)(C)C)n1.[HH]. The number of carbonyl (C=O) groups excluding carboxylic acids is 1. The molecule has 0 aliphatic rings. The second-order valence-corrected chi connectivity index (χ2v) is 5.44. The summed E-state index contributed by atoms with van der Waals surface area (Å²) >= 11 is 1.46. The molecule has 0 fully saturated rings. The lowest BCUT2D eigenvalue weighted by atomic mass is 9.92. The molecule has 1 N–H and O–H groups in total. The fourth-order valence-electron chi connectivity index (χ4n) is 1.06. The zero-order chi connectivity index (χ0) is 10.8. The number of hydrogen-bond acceptors (Lipinski definition) is 3. The number of aryl methyl sites for hydroxylation is 1. The number of hydrogen-bond donors (Lipinski definition) is 1. The van der Waals surface area contributed by atoms with E-state index in [1.54, 1.807) is 0 Å². The van der Waals surface area contributed by atoms with Gasteiger partial charge in [0.15, 0.2) is 5.13 Å². The van der Waals surface area contributed by atoms with Gasteiger partial charge in [-0.25, -0.2) is 4.98 Å². The molecule has 0 unspecified atom stereocenters. The summed E-state index contributed by atoms with van der Waals surface area (Å²) in [7, 11) is 0. The third-order valence-corrected chi connectivity index (χ3v) is 2.43. The van der Waals surface area contributed by atoms with Gasteiger partial charge in [0.25, 0.3) is 0 Å². The molecule has 1 aromatic heterocycles. The van der Waals surface area contributed by atoms with E-state index < -0.39 is 0 Å². The lowest BCUT2D eigenvalue weighted by molar-refractivity contribution is -0.117. The molecule has 0 bridgehead atoms. The zero-order valence-corrected chi connectivity index (χ0v) is 9.86. The van der Waals surface area contributed by atoms with Crippen LogP contribution in [0.25, 0.3) is 0 Å². The van der Waals surface area contributed by atoms with E-state index in [2.05, 4.69) is 10.3 Å². The maximum absolute atomic E-state index is 11.5. The monoisotopic (exact) mass is 214 g/mol. The molecule has 3 nitrogen and oxygen atoms in total. The van der Waals surface area contributed by atoms with Crippen molar-refractivity contribution in [3.63, 3.8) is 0 Å². The Balaban J connectivity index is 0.00000196. The molecule has 0 atom stereocenters. The highest BCUT2D eigenvalue weighted by molar-refractivity contribution is 7.13. The summed E-state index contributed by atoms with van der Waals surface area (Å²) < 4.78 is 0. The topological polar surface area (TPSA) is 42.0 Å². The smallest absolute Gasteiger partial charge is 0.226 e. The van der Waals surface area contributed by atoms with Crippen LogP contribution in [0.5, 0.6) is 0 Å². The number of thiazole rings is 1. The Kier molecular flexibility index (Phi) is 3.26. The Morgan fingerprint density at radius 2 is 2.29 bits per heavy atom. The molecule has 0 aromatic carbocycles. The average molecular weight is 214 g/mol. The molecule has 0 aliphatic heterocycles. The van der Waals surface area contributed by atoms with Crippen LogP contribution in [0.15, 0.2) is 5.38 Å². The Bertz CT molecular complexity index is 330. The summed E-state index contributed by atoms with van der Waals surface area (Å²) in [6.45, 7) is 8.04. The van der Waals surface area contributed by atoms with Gasteiger partial charge in [-0.3, -0.25) is 4.79 Å². The minimum Gasteiger partial charge on any atom is -0.302 e. The van der Waals surface area contributed by atoms with Crippen molar-refractivity contribution in [3.8, 4) is 0 Å². The summed E-state index contributed by atoms with van der Waals surface area (Å²) in [6, 6.07) is 0. The van der Waals surface area contributed by atoms with Crippen LogP contribution >= 0.6 is 11.3 Å². The van der Waals surface area contributed by atoms with Crippen molar-refractivity contribution >= 4 is 22.4 Å². The first-order valence-electron chi connectivity index (χ1n) is 4.59. The summed E-state index contributed by atoms with van der Waals surface area (Å²) in [5, 5.41) is 5.40. The largest absolute Gasteiger partial charge is 0.302 e. The fraction of sp³-hybridized carbons (Fsp3) is 0.600. The second kappa shape index (κ2) is 4.09. The summed E-state index contributed by atoms with van der Waals surface area (Å²) in [4.78, 5) is 15.7. The van der Waals surface area contributed by atoms with Gasteiger partial charge in [0.1, 0.15) is 0 Å². The second-order valence-electron chi connectivity index (χ2n) is 4.58. The van der Waals surface area contributed by atoms with E-state index in [9.17, 15) is 4.79 Å². The van der Waals surface area contributed by atoms with E-state index in [-0.39, 0.29) is 12.7 Å². The van der Waals surface area contributed by atoms with Gasteiger partial charge in [0, 0.05) is 13.2 Å². The molecule has 0 spiro atoms. The van der Waals surface area contributed by atoms with Gasteiger partial charge in [0.05, 0.1) is 5.69 Å². The first-order valence-corrected chi connectivity index (χ1v) is 5.47. The van der Waals surface area contributed by atoms with E-state index in [0.29, 0.717) is 11.6 Å². The minimum atomic E-state index is 0. The average Bonchev–Trinajstić information content (AvgIpc) is 2.30. The first kappa shape index (κ1) is 11.2. The number of amides is 1. The van der Waals surface area contributed by atoms with Crippen molar-refractivity contribution in [2.45, 2.75) is 34.1 Å². The van der Waals surface area contributed by atoms with Crippen molar-refractivity contribution < 1.29 is 6.22 Å². The molecule has 0 saturated carbocycles. The number of aromatic nitrogens is 1. The number of nitrogens with one attached hydrogen (secondary N) is 1. The quantitative estimate of drug-likeness (QED) is 0.822. The van der Waals surface area contributed by atoms with Crippen LogP contribution < -0.4 is 5.32 Å². The third-order valence-electron chi connectivity index (χ3n) is 1.56. The molecule has 0 radical (unpaired) electrons. The van der Waals surface area contributed by atoms with Gasteiger partial charge >= 0.3 is 0 Å². The highest BCUT2D eigenvalue weighted by Gasteiger charge is 2.16. The Morgan fingerprint density at radius 3 is 2.71 bits per heavy atom. The molecule has 0 aliphatic carbocycles. The van der Waals surface area contributed by atoms with Crippen LogP contribution in [-0.2, 0) is 4.79 Å². The molecular weight excluding hydrogens is 196 g/mol. The number of rotatable bonds is 2. The standard InChI is InChI=1S/C10H16N2OS.H2/c1-7-6-14-9(11-7)12-8(13)5-10(2,3)4;/h6H,5H2,1-4H3,(H,11,12,13);1H. The summed E-state index contributed by atoms with van der Waals surface area (Å²) in [6.07, 6.45) is 0.519. The van der Waals surface area contributed by atoms with Crippen LogP contribution in [0.4, 0.5) is 5.13 Å². The van der Waals surface area contributed by atoms with E-state index in [4.69, 9.17) is 0 Å². The van der Waals surface area contributed by atoms with Crippen molar-refractivity contribution in [2.75, 3.05) is 5.32 Å². The van der Waals surface area contributed by atoms with Crippen LogP contribution in [0.3, 0.4) is 0 Å². The predicted octanol–water partition coefficient (Wildman–Crippen LogP) is 3.07. The Labute approximate surface area is 90.0 Å². The maximum Gasteiger partial charge on any atom is 0.226 e. The van der Waals surface area contributed by atoms with Gasteiger partial charge in [0.2, 0.25) is 5.91 Å². The van der Waals surface area contributed by atoms with Gasteiger partial charge in [-0.1, -0.05) is 20.8 Å². The van der Waals surface area contributed by atoms with E-state index in [0.717, 1.165) is 5.69 Å². The molecule has 0 saturated heterocycles. The van der Waals surface area contributed by atoms with E-state index in [1.807, 2.05) is 33.1 Å². The third kappa shape index (κ3) is 3.87. The van der Waals surface area contributed by atoms with Crippen LogP contribution in [0, 0.1) is 12.3 Å². The van der Waals surface area contributed by atoms with Gasteiger partial charge in [-0.15, -0.1) is 11.3 Å². The molecular formula is C10H18N2OS. The molecule has 1 heterocycles. The van der Waals surface area contributed by atoms with Crippen molar-refractivity contribution in [3.05, 3.63) is 11.1 Å². The number of carbonyl (C=O) groups is 1. The van der Waals surface area contributed by atoms with Crippen molar-refractivity contribution in [1.29, 1.82) is 0 Å². The van der Waals surface area contributed by atoms with Crippen molar-refractivity contribution in [1.82, 2.24) is 4.98 Å². The molecule has 1 aromatic rings. The fourth-order valence-corrected chi connectivity index (χ4v) is 1.76. The van der Waals surface area contributed by atoms with Gasteiger partial charge in [-0.2, -0.15) is 0 Å². The molecule has 80 valence electrons. The van der Waals surface area contributed by atoms with Crippen LogP contribution in [0.1, 0.15) is 34.3 Å². The maximum atomic E-state index is 11.5. The number of nitrogens with zero attached hydrogens (tertiary/aromatic N) is 1. The Morgan fingerprint density at radius 1 is 1.64 bits per heavy atom. The molecule has 1 amide bonds. The molecule has 4 heteroatoms. The van der Waals surface area contributed by atoms with Crippen molar-refractivity contribution in [2.24, 2.45) is 5.41 Å². The predicted molar refractivity (Wildman–Crippen MR) is 61.7 cm³/mol. The molecule has 1 rings (SSSR count). The first-order chi connectivity index (χ1) is 6.37. The highest BCUT2D eigenvalue weighted by atomic mass is 32.1. The summed E-state index contributed by atoms with van der Waals surface area (Å²) in [5.74, 6) is 0.0341. The van der Waals surface area contributed by atoms with Crippen LogP contribution in [-0.4, -0.2) is 10.9 Å². The van der Waals surface area contributed by atoms with Gasteiger partial charge in [-0.05, 0) is 12.3 Å². The lowest BCUT2D eigenvalue weighted by Crippen LogP contribution is -2.19. The zero-order valence-electron chi connectivity index (χ0n) is 9.05. The van der Waals surface area contributed by atoms with Crippen LogP contribution in [0.2, 0.25) is 0 Å². The lowest BCUT2D eigenvalue weighted by Gasteiger charge is -2.16. The molecule has 14 heavy (non-hydrogen) atoms. The van der Waals surface area contributed by atoms with E-state index in [1.165, 1.54) is 11.3 Å². The Hall–Kier alpha value is -0.900. The number of anilines is 1. The minimum absolute atomic E-state index is 0. The highest BCUT2D eigenvalue weighted by Crippen LogP contribution is 2.20.